The van der Waals surface area contributed by atoms with Crippen LogP contribution in [0, 0.1) is 0 Å². The highest BCUT2D eigenvalue weighted by Gasteiger charge is 2.23. The molecule has 0 saturated carbocycles. The lowest BCUT2D eigenvalue weighted by Gasteiger charge is -2.22. The normalized spacial score (nSPS) is 12.8. The minimum absolute atomic E-state index is 0. The van der Waals surface area contributed by atoms with Crippen molar-refractivity contribution >= 4 is 24.2 Å². The number of benzene rings is 1. The van der Waals surface area contributed by atoms with Gasteiger partial charge < -0.3 is 16.0 Å². The standard InChI is InChI=1S/C14H21N3O2.ClH/c1-10(15)13(18)16-12(14(19)17(2)3)9-11-7-5-4-6-8-11;/h4-8,10,12H,9,15H2,1-3H3,(H,16,18);1H/t10-,12?;/m0./s1. The van der Waals surface area contributed by atoms with E-state index < -0.39 is 12.1 Å². The molecule has 112 valence electrons. The van der Waals surface area contributed by atoms with Gasteiger partial charge in [-0.25, -0.2) is 0 Å². The summed E-state index contributed by atoms with van der Waals surface area (Å²) >= 11 is 0. The molecule has 0 aliphatic carbocycles. The van der Waals surface area contributed by atoms with Gasteiger partial charge in [-0.2, -0.15) is 0 Å². The SMILES string of the molecule is C[C@H](N)C(=O)NC(Cc1ccccc1)C(=O)N(C)C.Cl. The van der Waals surface area contributed by atoms with E-state index in [9.17, 15) is 9.59 Å². The van der Waals surface area contributed by atoms with Gasteiger partial charge in [-0.15, -0.1) is 12.4 Å². The number of rotatable bonds is 5. The first-order chi connectivity index (χ1) is 8.91. The van der Waals surface area contributed by atoms with Crippen molar-refractivity contribution in [2.75, 3.05) is 14.1 Å². The Balaban J connectivity index is 0.00000361. The van der Waals surface area contributed by atoms with Crippen molar-refractivity contribution in [2.45, 2.75) is 25.4 Å². The molecule has 0 heterocycles. The van der Waals surface area contributed by atoms with Crippen LogP contribution >= 0.6 is 12.4 Å². The van der Waals surface area contributed by atoms with Gasteiger partial charge in [0.1, 0.15) is 6.04 Å². The van der Waals surface area contributed by atoms with E-state index >= 15 is 0 Å². The average Bonchev–Trinajstić information content (AvgIpc) is 2.37. The van der Waals surface area contributed by atoms with E-state index in [1.807, 2.05) is 30.3 Å². The van der Waals surface area contributed by atoms with Gasteiger partial charge in [-0.1, -0.05) is 30.3 Å². The molecule has 0 spiro atoms. The summed E-state index contributed by atoms with van der Waals surface area (Å²) in [6.45, 7) is 1.59. The summed E-state index contributed by atoms with van der Waals surface area (Å²) in [5, 5.41) is 2.69. The third-order valence-electron chi connectivity index (χ3n) is 2.75. The summed E-state index contributed by atoms with van der Waals surface area (Å²) in [6.07, 6.45) is 0.455. The first kappa shape index (κ1) is 18.4. The minimum atomic E-state index is -0.631. The molecular formula is C14H22ClN3O2. The number of halogens is 1. The van der Waals surface area contributed by atoms with Gasteiger partial charge in [-0.05, 0) is 12.5 Å². The van der Waals surface area contributed by atoms with Crippen LogP contribution in [0.5, 0.6) is 0 Å². The fourth-order valence-electron chi connectivity index (χ4n) is 1.66. The zero-order valence-electron chi connectivity index (χ0n) is 12.0. The summed E-state index contributed by atoms with van der Waals surface area (Å²) < 4.78 is 0. The number of nitrogens with zero attached hydrogens (tertiary/aromatic N) is 1. The van der Waals surface area contributed by atoms with Crippen molar-refractivity contribution in [3.63, 3.8) is 0 Å². The molecule has 3 N–H and O–H groups in total. The first-order valence-corrected chi connectivity index (χ1v) is 6.23. The maximum Gasteiger partial charge on any atom is 0.244 e. The van der Waals surface area contributed by atoms with Crippen molar-refractivity contribution in [3.05, 3.63) is 35.9 Å². The van der Waals surface area contributed by atoms with Crippen LogP contribution in [0.1, 0.15) is 12.5 Å². The maximum absolute atomic E-state index is 12.1. The number of carbonyl (C=O) groups excluding carboxylic acids is 2. The predicted octanol–water partition coefficient (Wildman–Crippen LogP) is 0.571. The predicted molar refractivity (Wildman–Crippen MR) is 81.7 cm³/mol. The molecule has 1 aromatic rings. The molecule has 0 aliphatic rings. The first-order valence-electron chi connectivity index (χ1n) is 6.23. The maximum atomic E-state index is 12.1. The number of nitrogens with two attached hydrogens (primary N) is 1. The quantitative estimate of drug-likeness (QED) is 0.835. The lowest BCUT2D eigenvalue weighted by molar-refractivity contribution is -0.134. The van der Waals surface area contributed by atoms with Crippen molar-refractivity contribution in [1.82, 2.24) is 10.2 Å². The van der Waals surface area contributed by atoms with E-state index in [0.717, 1.165) is 5.56 Å². The van der Waals surface area contributed by atoms with E-state index in [0.29, 0.717) is 6.42 Å². The summed E-state index contributed by atoms with van der Waals surface area (Å²) in [5.41, 5.74) is 6.51. The van der Waals surface area contributed by atoms with Crippen LogP contribution < -0.4 is 11.1 Å². The molecule has 1 unspecified atom stereocenters. The summed E-state index contributed by atoms with van der Waals surface area (Å²) in [4.78, 5) is 25.2. The van der Waals surface area contributed by atoms with Crippen molar-refractivity contribution in [3.8, 4) is 0 Å². The third-order valence-corrected chi connectivity index (χ3v) is 2.75. The molecule has 0 aliphatic heterocycles. The number of hydrogen-bond acceptors (Lipinski definition) is 3. The van der Waals surface area contributed by atoms with Gasteiger partial charge >= 0.3 is 0 Å². The molecule has 0 fully saturated rings. The van der Waals surface area contributed by atoms with Crippen molar-refractivity contribution in [2.24, 2.45) is 5.73 Å². The Morgan fingerprint density at radius 3 is 2.25 bits per heavy atom. The number of amides is 2. The summed E-state index contributed by atoms with van der Waals surface area (Å²) in [7, 11) is 3.33. The van der Waals surface area contributed by atoms with E-state index in [2.05, 4.69) is 5.32 Å². The smallest absolute Gasteiger partial charge is 0.244 e. The highest BCUT2D eigenvalue weighted by atomic mass is 35.5. The molecule has 0 saturated heterocycles. The van der Waals surface area contributed by atoms with Crippen molar-refractivity contribution in [1.29, 1.82) is 0 Å². The summed E-state index contributed by atoms with van der Waals surface area (Å²) in [6, 6.07) is 8.35. The molecule has 1 rings (SSSR count). The molecular weight excluding hydrogens is 278 g/mol. The molecule has 5 nitrogen and oxygen atoms in total. The number of hydrogen-bond donors (Lipinski definition) is 2. The van der Waals surface area contributed by atoms with Gasteiger partial charge in [0.05, 0.1) is 6.04 Å². The number of nitrogens with one attached hydrogen (secondary N) is 1. The second-order valence-electron chi connectivity index (χ2n) is 4.77. The zero-order chi connectivity index (χ0) is 14.4. The molecule has 6 heteroatoms. The van der Waals surface area contributed by atoms with E-state index in [-0.39, 0.29) is 24.2 Å². The molecule has 20 heavy (non-hydrogen) atoms. The van der Waals surface area contributed by atoms with Crippen LogP contribution in [-0.2, 0) is 16.0 Å². The summed E-state index contributed by atoms with van der Waals surface area (Å²) in [5.74, 6) is -0.464. The highest BCUT2D eigenvalue weighted by molar-refractivity contribution is 5.89. The Morgan fingerprint density at radius 1 is 1.25 bits per heavy atom. The van der Waals surface area contributed by atoms with Crippen LogP contribution in [0.25, 0.3) is 0 Å². The van der Waals surface area contributed by atoms with Gasteiger partial charge in [0.25, 0.3) is 0 Å². The second-order valence-corrected chi connectivity index (χ2v) is 4.77. The van der Waals surface area contributed by atoms with E-state index in [1.165, 1.54) is 4.90 Å². The fraction of sp³-hybridized carbons (Fsp3) is 0.429. The Morgan fingerprint density at radius 2 is 1.80 bits per heavy atom. The molecule has 0 aromatic heterocycles. The largest absolute Gasteiger partial charge is 0.347 e. The average molecular weight is 300 g/mol. The van der Waals surface area contributed by atoms with Crippen LogP contribution in [0.2, 0.25) is 0 Å². The second kappa shape index (κ2) is 8.55. The monoisotopic (exact) mass is 299 g/mol. The lowest BCUT2D eigenvalue weighted by atomic mass is 10.0. The van der Waals surface area contributed by atoms with Gasteiger partial charge in [0.15, 0.2) is 0 Å². The van der Waals surface area contributed by atoms with Gasteiger partial charge in [0, 0.05) is 20.5 Å². The Bertz CT molecular complexity index is 435. The van der Waals surface area contributed by atoms with Gasteiger partial charge in [0.2, 0.25) is 11.8 Å². The number of likely N-dealkylation sites (N-methyl/N-ethyl adjacent to an activating group) is 1. The lowest BCUT2D eigenvalue weighted by Crippen LogP contribution is -2.51. The van der Waals surface area contributed by atoms with Crippen molar-refractivity contribution < 1.29 is 9.59 Å². The van der Waals surface area contributed by atoms with Crippen LogP contribution in [0.4, 0.5) is 0 Å². The van der Waals surface area contributed by atoms with Crippen LogP contribution in [0.15, 0.2) is 30.3 Å². The Labute approximate surface area is 125 Å². The Hall–Kier alpha value is -1.59. The topological polar surface area (TPSA) is 75.4 Å². The highest BCUT2D eigenvalue weighted by Crippen LogP contribution is 2.05. The van der Waals surface area contributed by atoms with Gasteiger partial charge in [-0.3, -0.25) is 9.59 Å². The molecule has 2 amide bonds. The third kappa shape index (κ3) is 5.59. The Kier molecular flexibility index (Phi) is 7.87. The molecule has 0 radical (unpaired) electrons. The van der Waals surface area contributed by atoms with Crippen LogP contribution in [-0.4, -0.2) is 42.9 Å². The molecule has 2 atom stereocenters. The van der Waals surface area contributed by atoms with E-state index in [1.54, 1.807) is 21.0 Å². The molecule has 1 aromatic carbocycles. The van der Waals surface area contributed by atoms with E-state index in [4.69, 9.17) is 5.73 Å². The van der Waals surface area contributed by atoms with Crippen LogP contribution in [0.3, 0.4) is 0 Å². The zero-order valence-corrected chi connectivity index (χ0v) is 12.8. The molecule has 0 bridgehead atoms. The number of carbonyl (C=O) groups is 2. The fourth-order valence-corrected chi connectivity index (χ4v) is 1.66. The minimum Gasteiger partial charge on any atom is -0.347 e.